The minimum atomic E-state index is -2.27. The van der Waals surface area contributed by atoms with Crippen LogP contribution in [0.3, 0.4) is 0 Å². The van der Waals surface area contributed by atoms with E-state index in [0.717, 1.165) is 16.7 Å². The number of carboxylic acid groups (broad SMARTS) is 2. The number of carbonyl (C=O) groups is 2. The Bertz CT molecular complexity index is 790. The highest BCUT2D eigenvalue weighted by Gasteiger charge is 2.29. The SMILES string of the molecule is O=C(O)[C@H](O)[C@@H](O)C(=O)O.[2H]C([2H])([2H])[C@H](c1cnc[nH]1)c1cccc(C)c1C. The number of benzene rings is 1. The van der Waals surface area contributed by atoms with E-state index in [1.807, 2.05) is 32.0 Å². The fraction of sp³-hybridized carbons (Fsp3) is 0.353. The van der Waals surface area contributed by atoms with Crippen molar-refractivity contribution < 1.29 is 34.1 Å². The Kier molecular flexibility index (Phi) is 5.66. The zero-order valence-corrected chi connectivity index (χ0v) is 13.7. The van der Waals surface area contributed by atoms with Crippen molar-refractivity contribution in [2.75, 3.05) is 0 Å². The molecule has 0 radical (unpaired) electrons. The molecule has 0 fully saturated rings. The van der Waals surface area contributed by atoms with Gasteiger partial charge in [0.1, 0.15) is 0 Å². The van der Waals surface area contributed by atoms with E-state index in [1.54, 1.807) is 6.20 Å². The van der Waals surface area contributed by atoms with Crippen LogP contribution in [0.5, 0.6) is 0 Å². The lowest BCUT2D eigenvalue weighted by atomic mass is 9.92. The van der Waals surface area contributed by atoms with Gasteiger partial charge in [0.25, 0.3) is 0 Å². The Morgan fingerprint density at radius 2 is 1.76 bits per heavy atom. The van der Waals surface area contributed by atoms with E-state index in [1.165, 1.54) is 6.33 Å². The van der Waals surface area contributed by atoms with Gasteiger partial charge in [-0.1, -0.05) is 25.1 Å². The number of aromatic nitrogens is 2. The molecule has 5 N–H and O–H groups in total. The van der Waals surface area contributed by atoms with E-state index in [-0.39, 0.29) is 0 Å². The molecule has 0 aliphatic rings. The molecular weight excluding hydrogens is 328 g/mol. The van der Waals surface area contributed by atoms with Gasteiger partial charge in [-0.25, -0.2) is 14.6 Å². The normalized spacial score (nSPS) is 16.2. The fourth-order valence-corrected chi connectivity index (χ4v) is 1.95. The second-order valence-corrected chi connectivity index (χ2v) is 5.30. The van der Waals surface area contributed by atoms with E-state index in [4.69, 9.17) is 24.5 Å². The van der Waals surface area contributed by atoms with Gasteiger partial charge in [0, 0.05) is 21.9 Å². The van der Waals surface area contributed by atoms with Crippen molar-refractivity contribution in [2.24, 2.45) is 0 Å². The summed E-state index contributed by atoms with van der Waals surface area (Å²) in [5, 5.41) is 32.5. The number of aryl methyl sites for hydroxylation is 1. The van der Waals surface area contributed by atoms with Crippen LogP contribution in [0.25, 0.3) is 0 Å². The summed E-state index contributed by atoms with van der Waals surface area (Å²) >= 11 is 0. The second kappa shape index (κ2) is 8.95. The number of aliphatic hydroxyl groups is 2. The zero-order chi connectivity index (χ0) is 21.6. The molecule has 0 saturated carbocycles. The van der Waals surface area contributed by atoms with Crippen molar-refractivity contribution in [2.45, 2.75) is 38.8 Å². The van der Waals surface area contributed by atoms with Gasteiger partial charge in [0.15, 0.2) is 12.2 Å². The quantitative estimate of drug-likeness (QED) is 0.540. The summed E-state index contributed by atoms with van der Waals surface area (Å²) in [5.74, 6) is -4.19. The maximum absolute atomic E-state index is 9.77. The van der Waals surface area contributed by atoms with Crippen LogP contribution >= 0.6 is 0 Å². The van der Waals surface area contributed by atoms with Crippen LogP contribution < -0.4 is 0 Å². The first-order valence-corrected chi connectivity index (χ1v) is 7.24. The summed E-state index contributed by atoms with van der Waals surface area (Å²) in [6.45, 7) is 1.85. The van der Waals surface area contributed by atoms with Crippen LogP contribution in [0.15, 0.2) is 30.7 Å². The third-order valence-electron chi connectivity index (χ3n) is 3.59. The summed E-state index contributed by atoms with van der Waals surface area (Å²) in [6.07, 6.45) is -1.44. The number of imidazole rings is 1. The molecule has 0 aliphatic carbocycles. The number of nitrogens with zero attached hydrogens (tertiary/aromatic N) is 1. The molecule has 0 saturated heterocycles. The molecule has 8 nitrogen and oxygen atoms in total. The number of aromatic amines is 1. The van der Waals surface area contributed by atoms with E-state index < -0.39 is 36.9 Å². The van der Waals surface area contributed by atoms with Gasteiger partial charge in [0.05, 0.1) is 6.33 Å². The van der Waals surface area contributed by atoms with E-state index >= 15 is 0 Å². The summed E-state index contributed by atoms with van der Waals surface area (Å²) in [5.41, 5.74) is 3.58. The average molecular weight is 353 g/mol. The number of hydrogen-bond donors (Lipinski definition) is 5. The maximum atomic E-state index is 9.77. The minimum Gasteiger partial charge on any atom is -0.479 e. The number of hydrogen-bond acceptors (Lipinski definition) is 5. The number of nitrogens with one attached hydrogen (secondary N) is 1. The Hall–Kier alpha value is -2.71. The van der Waals surface area contributed by atoms with Gasteiger partial charge < -0.3 is 25.4 Å². The van der Waals surface area contributed by atoms with Gasteiger partial charge in [-0.2, -0.15) is 0 Å². The zero-order valence-electron chi connectivity index (χ0n) is 16.7. The number of rotatable bonds is 5. The number of aliphatic carboxylic acids is 2. The summed E-state index contributed by atoms with van der Waals surface area (Å²) in [4.78, 5) is 26.4. The Labute approximate surface area is 149 Å². The Balaban J connectivity index is 0.000000336. The molecule has 0 spiro atoms. The van der Waals surface area contributed by atoms with Gasteiger partial charge in [0.2, 0.25) is 0 Å². The van der Waals surface area contributed by atoms with Gasteiger partial charge in [-0.3, -0.25) is 0 Å². The average Bonchev–Trinajstić information content (AvgIpc) is 3.10. The lowest BCUT2D eigenvalue weighted by Gasteiger charge is -2.14. The fourth-order valence-electron chi connectivity index (χ4n) is 1.95. The predicted octanol–water partition coefficient (Wildman–Crippen LogP) is 1.06. The van der Waals surface area contributed by atoms with Crippen LogP contribution in [-0.2, 0) is 9.59 Å². The molecule has 8 heteroatoms. The first-order valence-electron chi connectivity index (χ1n) is 8.74. The first kappa shape index (κ1) is 15.8. The monoisotopic (exact) mass is 353 g/mol. The second-order valence-electron chi connectivity index (χ2n) is 5.30. The van der Waals surface area contributed by atoms with E-state index in [2.05, 4.69) is 9.97 Å². The third-order valence-corrected chi connectivity index (χ3v) is 3.59. The summed E-state index contributed by atoms with van der Waals surface area (Å²) < 4.78 is 23.3. The Morgan fingerprint density at radius 1 is 1.16 bits per heavy atom. The van der Waals surface area contributed by atoms with Crippen LogP contribution in [0.4, 0.5) is 0 Å². The van der Waals surface area contributed by atoms with Crippen molar-refractivity contribution in [1.82, 2.24) is 9.97 Å². The molecular formula is C17H22N2O6. The van der Waals surface area contributed by atoms with Crippen LogP contribution in [0.2, 0.25) is 0 Å². The molecule has 1 heterocycles. The highest BCUT2D eigenvalue weighted by Crippen LogP contribution is 2.26. The molecule has 0 aliphatic heterocycles. The highest BCUT2D eigenvalue weighted by atomic mass is 16.4. The molecule has 0 amide bonds. The van der Waals surface area contributed by atoms with Gasteiger partial charge in [-0.15, -0.1) is 0 Å². The summed E-state index contributed by atoms with van der Waals surface area (Å²) in [6, 6.07) is 5.76. The van der Waals surface area contributed by atoms with Crippen molar-refractivity contribution in [3.8, 4) is 0 Å². The Morgan fingerprint density at radius 3 is 2.20 bits per heavy atom. The molecule has 1 aromatic heterocycles. The van der Waals surface area contributed by atoms with Crippen LogP contribution in [0, 0.1) is 13.8 Å². The van der Waals surface area contributed by atoms with Crippen molar-refractivity contribution in [3.05, 3.63) is 53.1 Å². The lowest BCUT2D eigenvalue weighted by Crippen LogP contribution is -2.39. The molecule has 0 unspecified atom stereocenters. The van der Waals surface area contributed by atoms with Crippen LogP contribution in [0.1, 0.15) is 39.3 Å². The third kappa shape index (κ3) is 5.40. The minimum absolute atomic E-state index is 0.628. The molecule has 136 valence electrons. The number of carboxylic acids is 2. The highest BCUT2D eigenvalue weighted by molar-refractivity contribution is 5.83. The van der Waals surface area contributed by atoms with Gasteiger partial charge >= 0.3 is 11.9 Å². The molecule has 25 heavy (non-hydrogen) atoms. The number of aliphatic hydroxyl groups excluding tert-OH is 2. The molecule has 3 atom stereocenters. The van der Waals surface area contributed by atoms with Crippen molar-refractivity contribution >= 4 is 11.9 Å². The molecule has 2 aromatic rings. The summed E-state index contributed by atoms with van der Waals surface area (Å²) in [7, 11) is 0. The lowest BCUT2D eigenvalue weighted by molar-refractivity contribution is -0.165. The van der Waals surface area contributed by atoms with E-state index in [9.17, 15) is 9.59 Å². The molecule has 1 aromatic carbocycles. The standard InChI is InChI=1S/C13H16N2.C4H6O6/c1-9-5-4-6-12(10(9)2)11(3)13-7-14-8-15-13;5-1(3(7)8)2(6)4(9)10/h4-8,11H,1-3H3,(H,14,15);1-2,5-6H,(H,7,8)(H,9,10)/t11-;1-,2-/m01/s1/i3D3;. The smallest absolute Gasteiger partial charge is 0.335 e. The van der Waals surface area contributed by atoms with Crippen molar-refractivity contribution in [3.63, 3.8) is 0 Å². The molecule has 0 bridgehead atoms. The number of H-pyrrole nitrogens is 1. The van der Waals surface area contributed by atoms with Crippen LogP contribution in [-0.4, -0.2) is 54.5 Å². The topological polar surface area (TPSA) is 144 Å². The van der Waals surface area contributed by atoms with Gasteiger partial charge in [-0.05, 0) is 30.5 Å². The van der Waals surface area contributed by atoms with E-state index in [0.29, 0.717) is 5.69 Å². The maximum Gasteiger partial charge on any atom is 0.335 e. The largest absolute Gasteiger partial charge is 0.479 e. The van der Waals surface area contributed by atoms with Crippen molar-refractivity contribution in [1.29, 1.82) is 0 Å². The first-order chi connectivity index (χ1) is 12.9. The molecule has 2 rings (SSSR count). The predicted molar refractivity (Wildman–Crippen MR) is 89.3 cm³/mol.